The molecule has 1 heterocycles. The Morgan fingerprint density at radius 3 is 2.52 bits per heavy atom. The van der Waals surface area contributed by atoms with Crippen molar-refractivity contribution in [1.82, 2.24) is 9.97 Å². The topological polar surface area (TPSA) is 84.1 Å². The van der Waals surface area contributed by atoms with E-state index in [9.17, 15) is 9.59 Å². The van der Waals surface area contributed by atoms with Crippen molar-refractivity contribution in [1.29, 1.82) is 0 Å². The van der Waals surface area contributed by atoms with Crippen LogP contribution in [-0.4, -0.2) is 28.5 Å². The highest BCUT2D eigenvalue weighted by Gasteiger charge is 2.13. The number of rotatable bonds is 5. The standard InChI is InChI=1S/C22H16BrN3O3/c23-16-7-9-17(10-8-16)24-20(27)13-29-22(28)15-6-11-18-19(12-15)26-21(25-18)14-4-2-1-3-5-14/h1-12H,13H2,(H,24,27)(H,25,26). The highest BCUT2D eigenvalue weighted by atomic mass is 79.9. The monoisotopic (exact) mass is 449 g/mol. The van der Waals surface area contributed by atoms with Crippen LogP contribution >= 0.6 is 15.9 Å². The highest BCUT2D eigenvalue weighted by Crippen LogP contribution is 2.21. The molecule has 2 N–H and O–H groups in total. The van der Waals surface area contributed by atoms with Crippen LogP contribution in [-0.2, 0) is 9.53 Å². The third kappa shape index (κ3) is 4.52. The third-order valence-corrected chi connectivity index (χ3v) is 4.76. The van der Waals surface area contributed by atoms with E-state index in [1.807, 2.05) is 42.5 Å². The zero-order valence-corrected chi connectivity index (χ0v) is 16.8. The minimum atomic E-state index is -0.575. The molecule has 0 aliphatic rings. The van der Waals surface area contributed by atoms with E-state index in [1.165, 1.54) is 0 Å². The molecule has 0 saturated carbocycles. The fourth-order valence-corrected chi connectivity index (χ4v) is 3.08. The summed E-state index contributed by atoms with van der Waals surface area (Å²) in [7, 11) is 0. The molecule has 0 atom stereocenters. The lowest BCUT2D eigenvalue weighted by Gasteiger charge is -2.07. The number of hydrogen-bond acceptors (Lipinski definition) is 4. The summed E-state index contributed by atoms with van der Waals surface area (Å²) in [6.07, 6.45) is 0. The second-order valence-electron chi connectivity index (χ2n) is 6.31. The Bertz CT molecular complexity index is 1170. The lowest BCUT2D eigenvalue weighted by molar-refractivity contribution is -0.119. The smallest absolute Gasteiger partial charge is 0.338 e. The number of imidazole rings is 1. The summed E-state index contributed by atoms with van der Waals surface area (Å²) in [5, 5.41) is 2.67. The number of anilines is 1. The largest absolute Gasteiger partial charge is 0.452 e. The summed E-state index contributed by atoms with van der Waals surface area (Å²) in [6, 6.07) is 21.9. The Balaban J connectivity index is 1.41. The Morgan fingerprint density at radius 2 is 1.76 bits per heavy atom. The van der Waals surface area contributed by atoms with Crippen LogP contribution in [0.2, 0.25) is 0 Å². The number of fused-ring (bicyclic) bond motifs is 1. The molecule has 0 fully saturated rings. The second-order valence-corrected chi connectivity index (χ2v) is 7.23. The average molecular weight is 450 g/mol. The summed E-state index contributed by atoms with van der Waals surface area (Å²) >= 11 is 3.33. The minimum absolute atomic E-state index is 0.345. The molecule has 0 saturated heterocycles. The molecule has 0 unspecified atom stereocenters. The zero-order valence-electron chi connectivity index (χ0n) is 15.2. The van der Waals surface area contributed by atoms with Crippen LogP contribution in [0.1, 0.15) is 10.4 Å². The maximum Gasteiger partial charge on any atom is 0.338 e. The highest BCUT2D eigenvalue weighted by molar-refractivity contribution is 9.10. The lowest BCUT2D eigenvalue weighted by Crippen LogP contribution is -2.20. The first-order valence-corrected chi connectivity index (χ1v) is 9.65. The van der Waals surface area contributed by atoms with Crippen LogP contribution in [0.5, 0.6) is 0 Å². The van der Waals surface area contributed by atoms with Gasteiger partial charge in [0.2, 0.25) is 0 Å². The molecule has 0 radical (unpaired) electrons. The fraction of sp³-hybridized carbons (Fsp3) is 0.0455. The van der Waals surface area contributed by atoms with Crippen molar-refractivity contribution in [3.05, 3.63) is 82.8 Å². The fourth-order valence-electron chi connectivity index (χ4n) is 2.81. The van der Waals surface area contributed by atoms with Crippen LogP contribution in [0.25, 0.3) is 22.4 Å². The zero-order chi connectivity index (χ0) is 20.2. The number of carbonyl (C=O) groups is 2. The quantitative estimate of drug-likeness (QED) is 0.429. The molecular formula is C22H16BrN3O3. The van der Waals surface area contributed by atoms with Crippen LogP contribution in [0, 0.1) is 0 Å². The number of amides is 1. The van der Waals surface area contributed by atoms with Crippen LogP contribution in [0.15, 0.2) is 77.3 Å². The van der Waals surface area contributed by atoms with Gasteiger partial charge in [0.15, 0.2) is 6.61 Å². The van der Waals surface area contributed by atoms with Gasteiger partial charge in [-0.3, -0.25) is 4.79 Å². The molecule has 4 rings (SSSR count). The van der Waals surface area contributed by atoms with Gasteiger partial charge in [-0.05, 0) is 42.5 Å². The normalized spacial score (nSPS) is 10.7. The number of aromatic amines is 1. The van der Waals surface area contributed by atoms with Crippen molar-refractivity contribution in [2.75, 3.05) is 11.9 Å². The molecule has 0 aliphatic heterocycles. The minimum Gasteiger partial charge on any atom is -0.452 e. The maximum absolute atomic E-state index is 12.3. The second kappa shape index (κ2) is 8.28. The Morgan fingerprint density at radius 1 is 1.00 bits per heavy atom. The van der Waals surface area contributed by atoms with Crippen molar-refractivity contribution in [3.63, 3.8) is 0 Å². The van der Waals surface area contributed by atoms with Gasteiger partial charge in [0.05, 0.1) is 16.6 Å². The number of halogens is 1. The van der Waals surface area contributed by atoms with Crippen LogP contribution < -0.4 is 5.32 Å². The molecule has 144 valence electrons. The Labute approximate surface area is 175 Å². The van der Waals surface area contributed by atoms with Gasteiger partial charge in [-0.15, -0.1) is 0 Å². The molecule has 0 aliphatic carbocycles. The SMILES string of the molecule is O=C(COC(=O)c1ccc2nc(-c3ccccc3)[nH]c2c1)Nc1ccc(Br)cc1. The van der Waals surface area contributed by atoms with Gasteiger partial charge in [-0.1, -0.05) is 46.3 Å². The Hall–Kier alpha value is -3.45. The van der Waals surface area contributed by atoms with Gasteiger partial charge < -0.3 is 15.0 Å². The van der Waals surface area contributed by atoms with E-state index in [-0.39, 0.29) is 6.61 Å². The predicted molar refractivity (Wildman–Crippen MR) is 115 cm³/mol. The van der Waals surface area contributed by atoms with Crippen molar-refractivity contribution < 1.29 is 14.3 Å². The average Bonchev–Trinajstić information content (AvgIpc) is 3.18. The number of esters is 1. The molecule has 1 aromatic heterocycles. The molecule has 3 aromatic carbocycles. The van der Waals surface area contributed by atoms with E-state index in [4.69, 9.17) is 4.74 Å². The van der Waals surface area contributed by atoms with E-state index in [2.05, 4.69) is 31.2 Å². The predicted octanol–water partition coefficient (Wildman–Crippen LogP) is 4.79. The summed E-state index contributed by atoms with van der Waals surface area (Å²) < 4.78 is 6.04. The number of H-pyrrole nitrogens is 1. The molecule has 4 aromatic rings. The maximum atomic E-state index is 12.3. The summed E-state index contributed by atoms with van der Waals surface area (Å²) in [5.41, 5.74) is 3.39. The van der Waals surface area contributed by atoms with Gasteiger partial charge in [0, 0.05) is 15.7 Å². The van der Waals surface area contributed by atoms with E-state index >= 15 is 0 Å². The molecule has 7 heteroatoms. The number of hydrogen-bond donors (Lipinski definition) is 2. The summed E-state index contributed by atoms with van der Waals surface area (Å²) in [4.78, 5) is 32.1. The van der Waals surface area contributed by atoms with Crippen molar-refractivity contribution >= 4 is 44.5 Å². The molecule has 1 amide bonds. The number of nitrogens with one attached hydrogen (secondary N) is 2. The molecule has 6 nitrogen and oxygen atoms in total. The van der Waals surface area contributed by atoms with E-state index in [0.717, 1.165) is 26.9 Å². The first-order valence-electron chi connectivity index (χ1n) is 8.86. The van der Waals surface area contributed by atoms with Crippen LogP contribution in [0.4, 0.5) is 5.69 Å². The van der Waals surface area contributed by atoms with E-state index in [0.29, 0.717) is 11.3 Å². The van der Waals surface area contributed by atoms with Gasteiger partial charge in [0.1, 0.15) is 5.82 Å². The summed E-state index contributed by atoms with van der Waals surface area (Å²) in [5.74, 6) is -0.261. The molecular weight excluding hydrogens is 434 g/mol. The van der Waals surface area contributed by atoms with Crippen LogP contribution in [0.3, 0.4) is 0 Å². The first kappa shape index (κ1) is 18.9. The number of ether oxygens (including phenoxy) is 1. The van der Waals surface area contributed by atoms with E-state index < -0.39 is 11.9 Å². The van der Waals surface area contributed by atoms with Gasteiger partial charge in [0.25, 0.3) is 5.91 Å². The molecule has 29 heavy (non-hydrogen) atoms. The number of benzene rings is 3. The van der Waals surface area contributed by atoms with Crippen molar-refractivity contribution in [2.24, 2.45) is 0 Å². The summed E-state index contributed by atoms with van der Waals surface area (Å²) in [6.45, 7) is -0.370. The van der Waals surface area contributed by atoms with Gasteiger partial charge >= 0.3 is 5.97 Å². The van der Waals surface area contributed by atoms with Gasteiger partial charge in [-0.25, -0.2) is 9.78 Å². The lowest BCUT2D eigenvalue weighted by atomic mass is 10.2. The van der Waals surface area contributed by atoms with Gasteiger partial charge in [-0.2, -0.15) is 0 Å². The van der Waals surface area contributed by atoms with Crippen molar-refractivity contribution in [3.8, 4) is 11.4 Å². The number of carbonyl (C=O) groups excluding carboxylic acids is 2. The van der Waals surface area contributed by atoms with Crippen molar-refractivity contribution in [2.45, 2.75) is 0 Å². The van der Waals surface area contributed by atoms with E-state index in [1.54, 1.807) is 30.3 Å². The Kier molecular flexibility index (Phi) is 5.39. The number of nitrogens with zero attached hydrogens (tertiary/aromatic N) is 1. The molecule has 0 spiro atoms. The number of aromatic nitrogens is 2. The first-order chi connectivity index (χ1) is 14.1. The molecule has 0 bridgehead atoms. The third-order valence-electron chi connectivity index (χ3n) is 4.23.